The first-order valence-corrected chi connectivity index (χ1v) is 5.11. The fourth-order valence-electron chi connectivity index (χ4n) is 1.61. The van der Waals surface area contributed by atoms with Gasteiger partial charge in [0.25, 0.3) is 0 Å². The van der Waals surface area contributed by atoms with Gasteiger partial charge < -0.3 is 0 Å². The molecule has 0 N–H and O–H groups in total. The fourth-order valence-corrected chi connectivity index (χ4v) is 1.86. The predicted molar refractivity (Wildman–Crippen MR) is 59.6 cm³/mol. The van der Waals surface area contributed by atoms with Gasteiger partial charge in [0, 0.05) is 14.1 Å². The summed E-state index contributed by atoms with van der Waals surface area (Å²) in [5.41, 5.74) is 1.68. The van der Waals surface area contributed by atoms with Crippen molar-refractivity contribution in [2.45, 2.75) is 6.92 Å². The second-order valence-electron chi connectivity index (χ2n) is 3.59. The maximum Gasteiger partial charge on any atom is 0.230 e. The van der Waals surface area contributed by atoms with E-state index in [1.54, 1.807) is 24.8 Å². The molecular formula is C10H11ClN4O. The molecule has 0 atom stereocenters. The highest BCUT2D eigenvalue weighted by Crippen LogP contribution is 2.18. The number of aryl methyl sites for hydroxylation is 3. The number of nitrogens with zero attached hydrogens (tertiary/aromatic N) is 4. The second kappa shape index (κ2) is 3.75. The third-order valence-electron chi connectivity index (χ3n) is 2.34. The third-order valence-corrected chi connectivity index (χ3v) is 2.62. The molecule has 0 bridgehead atoms. The van der Waals surface area contributed by atoms with E-state index in [0.29, 0.717) is 16.4 Å². The molecule has 5 nitrogen and oxygen atoms in total. The Balaban J connectivity index is 2.51. The number of carbonyl (C=O) groups is 1. The van der Waals surface area contributed by atoms with Crippen molar-refractivity contribution in [1.29, 1.82) is 0 Å². The number of rotatable bonds is 2. The summed E-state index contributed by atoms with van der Waals surface area (Å²) >= 11 is 5.92. The van der Waals surface area contributed by atoms with E-state index < -0.39 is 0 Å². The molecule has 0 amide bonds. The van der Waals surface area contributed by atoms with Gasteiger partial charge in [-0.1, -0.05) is 11.6 Å². The Morgan fingerprint density at radius 3 is 2.50 bits per heavy atom. The van der Waals surface area contributed by atoms with Crippen LogP contribution in [0.1, 0.15) is 21.9 Å². The summed E-state index contributed by atoms with van der Waals surface area (Å²) in [7, 11) is 3.41. The van der Waals surface area contributed by atoms with Crippen molar-refractivity contribution >= 4 is 17.4 Å². The highest BCUT2D eigenvalue weighted by molar-refractivity contribution is 6.34. The summed E-state index contributed by atoms with van der Waals surface area (Å²) in [6.07, 6.45) is 1.46. The van der Waals surface area contributed by atoms with E-state index >= 15 is 0 Å². The lowest BCUT2D eigenvalue weighted by Gasteiger charge is -2.02. The van der Waals surface area contributed by atoms with Gasteiger partial charge in [-0.15, -0.1) is 0 Å². The van der Waals surface area contributed by atoms with Crippen LogP contribution in [0, 0.1) is 6.92 Å². The molecule has 2 aromatic heterocycles. The van der Waals surface area contributed by atoms with Crippen LogP contribution in [0.2, 0.25) is 5.02 Å². The zero-order valence-corrected chi connectivity index (χ0v) is 9.99. The molecule has 6 heteroatoms. The first kappa shape index (κ1) is 10.9. The van der Waals surface area contributed by atoms with E-state index in [1.807, 2.05) is 6.92 Å². The Morgan fingerprint density at radius 2 is 2.06 bits per heavy atom. The third kappa shape index (κ3) is 1.63. The van der Waals surface area contributed by atoms with Crippen molar-refractivity contribution < 1.29 is 4.79 Å². The van der Waals surface area contributed by atoms with Crippen LogP contribution in [-0.4, -0.2) is 25.3 Å². The average Bonchev–Trinajstić information content (AvgIpc) is 2.70. The van der Waals surface area contributed by atoms with Crippen molar-refractivity contribution in [2.75, 3.05) is 0 Å². The minimum absolute atomic E-state index is 0.173. The van der Waals surface area contributed by atoms with Crippen LogP contribution in [0.4, 0.5) is 0 Å². The molecule has 0 aromatic carbocycles. The van der Waals surface area contributed by atoms with Gasteiger partial charge >= 0.3 is 0 Å². The van der Waals surface area contributed by atoms with Crippen molar-refractivity contribution in [2.24, 2.45) is 14.1 Å². The van der Waals surface area contributed by atoms with E-state index in [9.17, 15) is 4.79 Å². The molecule has 0 radical (unpaired) electrons. The molecule has 0 saturated carbocycles. The van der Waals surface area contributed by atoms with E-state index in [2.05, 4.69) is 10.2 Å². The molecule has 0 aliphatic heterocycles. The molecule has 0 unspecified atom stereocenters. The predicted octanol–water partition coefficient (Wildman–Crippen LogP) is 1.35. The highest BCUT2D eigenvalue weighted by Gasteiger charge is 2.20. The molecule has 16 heavy (non-hydrogen) atoms. The second-order valence-corrected chi connectivity index (χ2v) is 4.00. The summed E-state index contributed by atoms with van der Waals surface area (Å²) in [5.74, 6) is -0.173. The number of ketones is 1. The molecule has 2 rings (SSSR count). The molecular weight excluding hydrogens is 228 g/mol. The van der Waals surface area contributed by atoms with E-state index in [1.165, 1.54) is 10.9 Å². The zero-order chi connectivity index (χ0) is 11.9. The van der Waals surface area contributed by atoms with Crippen LogP contribution < -0.4 is 0 Å². The van der Waals surface area contributed by atoms with Gasteiger partial charge in [0.15, 0.2) is 0 Å². The lowest BCUT2D eigenvalue weighted by atomic mass is 10.2. The number of hydrogen-bond donors (Lipinski definition) is 0. The van der Waals surface area contributed by atoms with Gasteiger partial charge in [-0.05, 0) is 13.0 Å². The minimum atomic E-state index is -0.173. The molecule has 0 aliphatic carbocycles. The Morgan fingerprint density at radius 1 is 1.38 bits per heavy atom. The van der Waals surface area contributed by atoms with E-state index in [0.717, 1.165) is 5.69 Å². The van der Waals surface area contributed by atoms with Crippen molar-refractivity contribution in [3.05, 3.63) is 34.4 Å². The SMILES string of the molecule is Cc1cc(C(=O)c2c(Cl)cnn2C)n(C)n1. The van der Waals surface area contributed by atoms with Crippen LogP contribution in [0.15, 0.2) is 12.3 Å². The number of aromatic nitrogens is 4. The van der Waals surface area contributed by atoms with Crippen molar-refractivity contribution in [3.8, 4) is 0 Å². The van der Waals surface area contributed by atoms with Gasteiger partial charge in [-0.3, -0.25) is 14.2 Å². The molecule has 2 aromatic rings. The van der Waals surface area contributed by atoms with Crippen LogP contribution >= 0.6 is 11.6 Å². The highest BCUT2D eigenvalue weighted by atomic mass is 35.5. The lowest BCUT2D eigenvalue weighted by Crippen LogP contribution is -2.12. The van der Waals surface area contributed by atoms with Gasteiger partial charge in [0.05, 0.1) is 16.9 Å². The zero-order valence-electron chi connectivity index (χ0n) is 9.23. The van der Waals surface area contributed by atoms with Crippen LogP contribution in [0.25, 0.3) is 0 Å². The first-order chi connectivity index (χ1) is 7.50. The van der Waals surface area contributed by atoms with E-state index in [-0.39, 0.29) is 5.78 Å². The largest absolute Gasteiger partial charge is 0.285 e. The minimum Gasteiger partial charge on any atom is -0.285 e. The normalized spacial score (nSPS) is 10.8. The van der Waals surface area contributed by atoms with Crippen molar-refractivity contribution in [3.63, 3.8) is 0 Å². The Labute approximate surface area is 97.6 Å². The van der Waals surface area contributed by atoms with Gasteiger partial charge in [-0.25, -0.2) is 0 Å². The topological polar surface area (TPSA) is 52.7 Å². The molecule has 0 fully saturated rings. The number of carbonyl (C=O) groups excluding carboxylic acids is 1. The van der Waals surface area contributed by atoms with Gasteiger partial charge in [0.2, 0.25) is 5.78 Å². The molecule has 0 spiro atoms. The molecule has 0 saturated heterocycles. The monoisotopic (exact) mass is 238 g/mol. The van der Waals surface area contributed by atoms with Gasteiger partial charge in [-0.2, -0.15) is 10.2 Å². The molecule has 2 heterocycles. The molecule has 0 aliphatic rings. The standard InChI is InChI=1S/C10H11ClN4O/c1-6-4-8(14(2)13-6)10(16)9-7(11)5-12-15(9)3/h4-5H,1-3H3. The Kier molecular flexibility index (Phi) is 2.55. The lowest BCUT2D eigenvalue weighted by molar-refractivity contribution is 0.102. The summed E-state index contributed by atoms with van der Waals surface area (Å²) < 4.78 is 3.01. The fraction of sp³-hybridized carbons (Fsp3) is 0.300. The maximum absolute atomic E-state index is 12.2. The van der Waals surface area contributed by atoms with Crippen LogP contribution in [0.3, 0.4) is 0 Å². The average molecular weight is 239 g/mol. The van der Waals surface area contributed by atoms with Crippen molar-refractivity contribution in [1.82, 2.24) is 19.6 Å². The maximum atomic E-state index is 12.2. The molecule has 84 valence electrons. The van der Waals surface area contributed by atoms with E-state index in [4.69, 9.17) is 11.6 Å². The summed E-state index contributed by atoms with van der Waals surface area (Å²) in [4.78, 5) is 12.2. The Hall–Kier alpha value is -1.62. The summed E-state index contributed by atoms with van der Waals surface area (Å²) in [6, 6.07) is 1.73. The summed E-state index contributed by atoms with van der Waals surface area (Å²) in [6.45, 7) is 1.83. The number of halogens is 1. The number of hydrogen-bond acceptors (Lipinski definition) is 3. The van der Waals surface area contributed by atoms with Gasteiger partial charge in [0.1, 0.15) is 11.4 Å². The smallest absolute Gasteiger partial charge is 0.230 e. The first-order valence-electron chi connectivity index (χ1n) is 4.73. The van der Waals surface area contributed by atoms with Crippen LogP contribution in [-0.2, 0) is 14.1 Å². The van der Waals surface area contributed by atoms with Crippen LogP contribution in [0.5, 0.6) is 0 Å². The quantitative estimate of drug-likeness (QED) is 0.742. The summed E-state index contributed by atoms with van der Waals surface area (Å²) in [5, 5.41) is 8.41. The Bertz CT molecular complexity index is 536.